The van der Waals surface area contributed by atoms with Gasteiger partial charge in [-0.05, 0) is 34.5 Å². The summed E-state index contributed by atoms with van der Waals surface area (Å²) in [5.74, 6) is 0.243. The lowest BCUT2D eigenvalue weighted by Gasteiger charge is -2.08. The highest BCUT2D eigenvalue weighted by Crippen LogP contribution is 2.36. The molecule has 1 aromatic rings. The molecule has 0 atom stereocenters. The maximum Gasteiger partial charge on any atom is 0.312 e. The topological polar surface area (TPSA) is 61.6 Å². The number of rotatable bonds is 5. The summed E-state index contributed by atoms with van der Waals surface area (Å²) in [7, 11) is 1.54. The molecule has 0 saturated heterocycles. The van der Waals surface area contributed by atoms with Crippen LogP contribution in [-0.2, 0) is 4.74 Å². The minimum Gasteiger partial charge on any atom is -0.484 e. The van der Waals surface area contributed by atoms with E-state index in [0.29, 0.717) is 11.1 Å². The van der Waals surface area contributed by atoms with Gasteiger partial charge in [-0.3, -0.25) is 10.1 Å². The van der Waals surface area contributed by atoms with Gasteiger partial charge in [0, 0.05) is 13.2 Å². The lowest BCUT2D eigenvalue weighted by atomic mass is 10.2. The van der Waals surface area contributed by atoms with Crippen molar-refractivity contribution in [1.29, 1.82) is 0 Å². The zero-order chi connectivity index (χ0) is 12.1. The summed E-state index contributed by atoms with van der Waals surface area (Å²) in [6, 6.07) is 3.25. The first-order chi connectivity index (χ1) is 7.56. The standard InChI is InChI=1S/C10H12BrNO4/c1-7-5-8(11)10(16-4-3-15-2)9(6-7)12(13)14/h5-6H,3-4H2,1-2H3. The summed E-state index contributed by atoms with van der Waals surface area (Å²) in [6.07, 6.45) is 0. The molecule has 0 bridgehead atoms. The molecule has 0 aliphatic rings. The van der Waals surface area contributed by atoms with Crippen molar-refractivity contribution < 1.29 is 14.4 Å². The van der Waals surface area contributed by atoms with E-state index in [0.717, 1.165) is 5.56 Å². The van der Waals surface area contributed by atoms with Gasteiger partial charge in [0.25, 0.3) is 0 Å². The molecule has 88 valence electrons. The van der Waals surface area contributed by atoms with E-state index >= 15 is 0 Å². The van der Waals surface area contributed by atoms with Gasteiger partial charge < -0.3 is 9.47 Å². The number of nitro benzene ring substituents is 1. The maximum atomic E-state index is 10.8. The molecule has 16 heavy (non-hydrogen) atoms. The Morgan fingerprint density at radius 2 is 2.12 bits per heavy atom. The van der Waals surface area contributed by atoms with Crippen molar-refractivity contribution >= 4 is 21.6 Å². The molecule has 0 aliphatic heterocycles. The molecular weight excluding hydrogens is 278 g/mol. The lowest BCUT2D eigenvalue weighted by Crippen LogP contribution is -2.06. The smallest absolute Gasteiger partial charge is 0.312 e. The van der Waals surface area contributed by atoms with Crippen molar-refractivity contribution in [3.63, 3.8) is 0 Å². The van der Waals surface area contributed by atoms with Gasteiger partial charge in [-0.2, -0.15) is 0 Å². The zero-order valence-electron chi connectivity index (χ0n) is 9.03. The molecule has 0 spiro atoms. The SMILES string of the molecule is COCCOc1c(Br)cc(C)cc1[N+](=O)[O-]. The van der Waals surface area contributed by atoms with Crippen LogP contribution in [0.3, 0.4) is 0 Å². The summed E-state index contributed by atoms with van der Waals surface area (Å²) in [6.45, 7) is 2.45. The van der Waals surface area contributed by atoms with Crippen LogP contribution < -0.4 is 4.74 Å². The van der Waals surface area contributed by atoms with Gasteiger partial charge in [-0.1, -0.05) is 0 Å². The van der Waals surface area contributed by atoms with Gasteiger partial charge in [0.1, 0.15) is 6.61 Å². The molecular formula is C10H12BrNO4. The van der Waals surface area contributed by atoms with Crippen molar-refractivity contribution in [1.82, 2.24) is 0 Å². The second kappa shape index (κ2) is 5.81. The van der Waals surface area contributed by atoms with E-state index in [9.17, 15) is 10.1 Å². The number of hydrogen-bond acceptors (Lipinski definition) is 4. The fourth-order valence-electron chi connectivity index (χ4n) is 1.22. The van der Waals surface area contributed by atoms with Crippen LogP contribution in [0.1, 0.15) is 5.56 Å². The summed E-state index contributed by atoms with van der Waals surface area (Å²) in [5.41, 5.74) is 0.764. The monoisotopic (exact) mass is 289 g/mol. The molecule has 6 heteroatoms. The Balaban J connectivity index is 2.99. The van der Waals surface area contributed by atoms with Crippen LogP contribution >= 0.6 is 15.9 Å². The highest BCUT2D eigenvalue weighted by Gasteiger charge is 2.19. The molecule has 1 rings (SSSR count). The molecule has 0 radical (unpaired) electrons. The zero-order valence-corrected chi connectivity index (χ0v) is 10.6. The Morgan fingerprint density at radius 1 is 1.44 bits per heavy atom. The number of nitro groups is 1. The predicted molar refractivity (Wildman–Crippen MR) is 62.9 cm³/mol. The Morgan fingerprint density at radius 3 is 2.69 bits per heavy atom. The molecule has 1 aromatic carbocycles. The minimum atomic E-state index is -0.458. The Bertz CT molecular complexity index is 395. The number of ether oxygens (including phenoxy) is 2. The van der Waals surface area contributed by atoms with Crippen molar-refractivity contribution in [2.24, 2.45) is 0 Å². The second-order valence-corrected chi connectivity index (χ2v) is 4.05. The molecule has 0 unspecified atom stereocenters. The molecule has 0 heterocycles. The van der Waals surface area contributed by atoms with Crippen LogP contribution in [0.4, 0.5) is 5.69 Å². The summed E-state index contributed by atoms with van der Waals surface area (Å²) < 4.78 is 10.7. The first kappa shape index (κ1) is 12.9. The Kier molecular flexibility index (Phi) is 4.70. The van der Waals surface area contributed by atoms with Crippen LogP contribution in [0.2, 0.25) is 0 Å². The second-order valence-electron chi connectivity index (χ2n) is 3.19. The molecule has 0 fully saturated rings. The highest BCUT2D eigenvalue weighted by molar-refractivity contribution is 9.10. The van der Waals surface area contributed by atoms with E-state index in [4.69, 9.17) is 9.47 Å². The average Bonchev–Trinajstić information content (AvgIpc) is 2.20. The van der Waals surface area contributed by atoms with Crippen LogP contribution in [0.25, 0.3) is 0 Å². The van der Waals surface area contributed by atoms with Crippen LogP contribution in [0.15, 0.2) is 16.6 Å². The third-order valence-corrected chi connectivity index (χ3v) is 2.49. The van der Waals surface area contributed by atoms with Gasteiger partial charge in [0.15, 0.2) is 0 Å². The number of nitrogens with zero attached hydrogens (tertiary/aromatic N) is 1. The Hall–Kier alpha value is -1.14. The van der Waals surface area contributed by atoms with E-state index in [1.165, 1.54) is 6.07 Å². The van der Waals surface area contributed by atoms with Crippen molar-refractivity contribution in [3.8, 4) is 5.75 Å². The largest absolute Gasteiger partial charge is 0.484 e. The quantitative estimate of drug-likeness (QED) is 0.475. The summed E-state index contributed by atoms with van der Waals surface area (Å²) in [4.78, 5) is 10.4. The van der Waals surface area contributed by atoms with Crippen molar-refractivity contribution in [2.75, 3.05) is 20.3 Å². The number of methoxy groups -OCH3 is 1. The average molecular weight is 290 g/mol. The van der Waals surface area contributed by atoms with E-state index in [-0.39, 0.29) is 18.0 Å². The van der Waals surface area contributed by atoms with Crippen molar-refractivity contribution in [2.45, 2.75) is 6.92 Å². The summed E-state index contributed by atoms with van der Waals surface area (Å²) in [5, 5.41) is 10.8. The van der Waals surface area contributed by atoms with Gasteiger partial charge >= 0.3 is 5.69 Å². The molecule has 5 nitrogen and oxygen atoms in total. The van der Waals surface area contributed by atoms with Gasteiger partial charge in [0.2, 0.25) is 5.75 Å². The lowest BCUT2D eigenvalue weighted by molar-refractivity contribution is -0.386. The Labute approximate surface area is 102 Å². The third-order valence-electron chi connectivity index (χ3n) is 1.90. The van der Waals surface area contributed by atoms with Crippen LogP contribution in [0, 0.1) is 17.0 Å². The van der Waals surface area contributed by atoms with Crippen molar-refractivity contribution in [3.05, 3.63) is 32.3 Å². The van der Waals surface area contributed by atoms with Crippen LogP contribution in [0.5, 0.6) is 5.75 Å². The van der Waals surface area contributed by atoms with Gasteiger partial charge in [-0.15, -0.1) is 0 Å². The summed E-state index contributed by atoms with van der Waals surface area (Å²) >= 11 is 3.25. The fraction of sp³-hybridized carbons (Fsp3) is 0.400. The predicted octanol–water partition coefficient (Wildman–Crippen LogP) is 2.69. The molecule has 0 amide bonds. The third kappa shape index (κ3) is 3.18. The van der Waals surface area contributed by atoms with Gasteiger partial charge in [0.05, 0.1) is 16.0 Å². The maximum absolute atomic E-state index is 10.8. The normalized spacial score (nSPS) is 10.2. The van der Waals surface area contributed by atoms with Gasteiger partial charge in [-0.25, -0.2) is 0 Å². The molecule has 0 aliphatic carbocycles. The molecule has 0 saturated carbocycles. The highest BCUT2D eigenvalue weighted by atomic mass is 79.9. The first-order valence-corrected chi connectivity index (χ1v) is 5.42. The van der Waals surface area contributed by atoms with E-state index in [2.05, 4.69) is 15.9 Å². The number of halogens is 1. The van der Waals surface area contributed by atoms with E-state index < -0.39 is 4.92 Å². The fourth-order valence-corrected chi connectivity index (χ4v) is 1.89. The van der Waals surface area contributed by atoms with E-state index in [1.807, 2.05) is 0 Å². The molecule has 0 N–H and O–H groups in total. The molecule has 0 aromatic heterocycles. The van der Waals surface area contributed by atoms with E-state index in [1.54, 1.807) is 20.1 Å². The van der Waals surface area contributed by atoms with Crippen LogP contribution in [-0.4, -0.2) is 25.2 Å². The minimum absolute atomic E-state index is 0.0389. The first-order valence-electron chi connectivity index (χ1n) is 4.62. The number of benzene rings is 1. The number of aryl methyl sites for hydroxylation is 1. The number of hydrogen-bond donors (Lipinski definition) is 0.